The van der Waals surface area contributed by atoms with Crippen LogP contribution in [0.4, 0.5) is 0 Å². The second-order valence-corrected chi connectivity index (χ2v) is 6.88. The minimum atomic E-state index is -0.0542. The number of carbonyl (C=O) groups is 2. The molecule has 124 valence electrons. The Morgan fingerprint density at radius 3 is 2.96 bits per heavy atom. The van der Waals surface area contributed by atoms with E-state index in [2.05, 4.69) is 0 Å². The number of hydrogen-bond acceptors (Lipinski definition) is 4. The van der Waals surface area contributed by atoms with E-state index in [0.29, 0.717) is 43.7 Å². The maximum atomic E-state index is 12.6. The van der Waals surface area contributed by atoms with Crippen LogP contribution in [0.25, 0.3) is 0 Å². The van der Waals surface area contributed by atoms with Crippen LogP contribution < -0.4 is 0 Å². The van der Waals surface area contributed by atoms with Gasteiger partial charge in [-0.15, -0.1) is 0 Å². The lowest BCUT2D eigenvalue weighted by Crippen LogP contribution is -2.36. The van der Waals surface area contributed by atoms with Gasteiger partial charge < -0.3 is 19.0 Å². The fourth-order valence-electron chi connectivity index (χ4n) is 4.07. The number of ether oxygens (including phenoxy) is 1. The van der Waals surface area contributed by atoms with Crippen LogP contribution in [0.15, 0.2) is 16.7 Å². The summed E-state index contributed by atoms with van der Waals surface area (Å²) in [5.74, 6) is 1.28. The lowest BCUT2D eigenvalue weighted by Gasteiger charge is -2.24. The average Bonchev–Trinajstić information content (AvgIpc) is 3.26. The Labute approximate surface area is 135 Å². The molecule has 3 aliphatic heterocycles. The maximum Gasteiger partial charge on any atom is 0.289 e. The molecule has 0 bridgehead atoms. The minimum Gasteiger partial charge on any atom is -0.459 e. The van der Waals surface area contributed by atoms with Gasteiger partial charge in [-0.3, -0.25) is 9.59 Å². The van der Waals surface area contributed by atoms with E-state index in [0.717, 1.165) is 25.1 Å². The first kappa shape index (κ1) is 14.8. The average molecular weight is 318 g/mol. The first-order chi connectivity index (χ1) is 11.1. The second-order valence-electron chi connectivity index (χ2n) is 6.88. The van der Waals surface area contributed by atoms with Crippen LogP contribution >= 0.6 is 0 Å². The number of nitrogens with zero attached hydrogens (tertiary/aromatic N) is 2. The normalized spacial score (nSPS) is 30.3. The molecule has 3 fully saturated rings. The molecule has 0 N–H and O–H groups in total. The summed E-state index contributed by atoms with van der Waals surface area (Å²) in [6.45, 7) is 5.51. The Balaban J connectivity index is 1.42. The number of amides is 2. The third-order valence-electron chi connectivity index (χ3n) is 5.41. The topological polar surface area (TPSA) is 63.0 Å². The smallest absolute Gasteiger partial charge is 0.289 e. The van der Waals surface area contributed by atoms with Crippen molar-refractivity contribution in [2.75, 3.05) is 32.8 Å². The molecule has 3 atom stereocenters. The van der Waals surface area contributed by atoms with Gasteiger partial charge in [-0.2, -0.15) is 0 Å². The van der Waals surface area contributed by atoms with Crippen molar-refractivity contribution in [1.82, 2.24) is 9.80 Å². The molecule has 6 heteroatoms. The zero-order valence-electron chi connectivity index (χ0n) is 13.4. The van der Waals surface area contributed by atoms with Crippen LogP contribution in [-0.2, 0) is 9.53 Å². The number of carbonyl (C=O) groups excluding carboxylic acids is 2. The molecule has 3 saturated heterocycles. The van der Waals surface area contributed by atoms with Crippen LogP contribution in [-0.4, -0.2) is 60.5 Å². The molecule has 4 rings (SSSR count). The van der Waals surface area contributed by atoms with E-state index in [1.165, 1.54) is 0 Å². The van der Waals surface area contributed by atoms with Crippen LogP contribution in [0.2, 0.25) is 0 Å². The highest BCUT2D eigenvalue weighted by atomic mass is 16.5. The van der Waals surface area contributed by atoms with E-state index in [1.807, 2.05) is 22.8 Å². The van der Waals surface area contributed by atoms with Gasteiger partial charge in [0.1, 0.15) is 0 Å². The van der Waals surface area contributed by atoms with Crippen molar-refractivity contribution in [2.45, 2.75) is 25.9 Å². The highest BCUT2D eigenvalue weighted by molar-refractivity contribution is 5.93. The highest BCUT2D eigenvalue weighted by Gasteiger charge is 2.46. The van der Waals surface area contributed by atoms with Crippen LogP contribution in [0.3, 0.4) is 0 Å². The van der Waals surface area contributed by atoms with E-state index in [1.54, 1.807) is 6.26 Å². The molecule has 0 radical (unpaired) electrons. The van der Waals surface area contributed by atoms with Crippen molar-refractivity contribution in [3.05, 3.63) is 23.7 Å². The number of fused-ring (bicyclic) bond motifs is 1. The molecule has 0 aliphatic carbocycles. The SMILES string of the molecule is Cc1ccoc1C(=O)N1C[C@@H]2[C@H](CN3CCCC3=O)CO[C@@H]2C1. The summed E-state index contributed by atoms with van der Waals surface area (Å²) < 4.78 is 11.2. The highest BCUT2D eigenvalue weighted by Crippen LogP contribution is 2.35. The van der Waals surface area contributed by atoms with E-state index in [-0.39, 0.29) is 17.9 Å². The van der Waals surface area contributed by atoms with Crippen molar-refractivity contribution < 1.29 is 18.7 Å². The zero-order chi connectivity index (χ0) is 16.0. The quantitative estimate of drug-likeness (QED) is 0.843. The van der Waals surface area contributed by atoms with Crippen LogP contribution in [0.5, 0.6) is 0 Å². The van der Waals surface area contributed by atoms with Gasteiger partial charge in [0.15, 0.2) is 5.76 Å². The van der Waals surface area contributed by atoms with E-state index in [9.17, 15) is 9.59 Å². The van der Waals surface area contributed by atoms with Gasteiger partial charge in [-0.05, 0) is 19.4 Å². The van der Waals surface area contributed by atoms with Crippen molar-refractivity contribution in [2.24, 2.45) is 11.8 Å². The molecule has 0 spiro atoms. The molecular formula is C17H22N2O4. The number of hydrogen-bond donors (Lipinski definition) is 0. The Hall–Kier alpha value is -1.82. The lowest BCUT2D eigenvalue weighted by molar-refractivity contribution is -0.128. The Bertz CT molecular complexity index is 626. The summed E-state index contributed by atoms with van der Waals surface area (Å²) in [5, 5.41) is 0. The summed E-state index contributed by atoms with van der Waals surface area (Å²) in [6, 6.07) is 1.81. The van der Waals surface area contributed by atoms with E-state index >= 15 is 0 Å². The van der Waals surface area contributed by atoms with E-state index < -0.39 is 0 Å². The molecule has 1 aromatic rings. The zero-order valence-corrected chi connectivity index (χ0v) is 13.4. The molecule has 0 unspecified atom stereocenters. The summed E-state index contributed by atoms with van der Waals surface area (Å²) in [5.41, 5.74) is 0.868. The number of furan rings is 1. The van der Waals surface area contributed by atoms with Gasteiger partial charge in [0.05, 0.1) is 19.0 Å². The fourth-order valence-corrected chi connectivity index (χ4v) is 4.07. The fraction of sp³-hybridized carbons (Fsp3) is 0.647. The predicted molar refractivity (Wildman–Crippen MR) is 81.9 cm³/mol. The van der Waals surface area contributed by atoms with Crippen molar-refractivity contribution in [1.29, 1.82) is 0 Å². The molecular weight excluding hydrogens is 296 g/mol. The molecule has 3 aliphatic rings. The van der Waals surface area contributed by atoms with Gasteiger partial charge >= 0.3 is 0 Å². The third-order valence-corrected chi connectivity index (χ3v) is 5.41. The predicted octanol–water partition coefficient (Wildman–Crippen LogP) is 1.30. The molecule has 0 saturated carbocycles. The largest absolute Gasteiger partial charge is 0.459 e. The number of likely N-dealkylation sites (tertiary alicyclic amines) is 2. The van der Waals surface area contributed by atoms with Crippen LogP contribution in [0, 0.1) is 18.8 Å². The summed E-state index contributed by atoms with van der Waals surface area (Å²) in [4.78, 5) is 28.2. The molecule has 23 heavy (non-hydrogen) atoms. The third kappa shape index (κ3) is 2.55. The van der Waals surface area contributed by atoms with Gasteiger partial charge in [0, 0.05) is 50.0 Å². The molecule has 6 nitrogen and oxygen atoms in total. The van der Waals surface area contributed by atoms with Gasteiger partial charge in [0.25, 0.3) is 5.91 Å². The maximum absolute atomic E-state index is 12.6. The Morgan fingerprint density at radius 2 is 2.26 bits per heavy atom. The monoisotopic (exact) mass is 318 g/mol. The minimum absolute atomic E-state index is 0.0542. The summed E-state index contributed by atoms with van der Waals surface area (Å²) in [7, 11) is 0. The molecule has 4 heterocycles. The summed E-state index contributed by atoms with van der Waals surface area (Å²) in [6.07, 6.45) is 3.28. The first-order valence-electron chi connectivity index (χ1n) is 8.36. The van der Waals surface area contributed by atoms with Crippen molar-refractivity contribution >= 4 is 11.8 Å². The van der Waals surface area contributed by atoms with Crippen molar-refractivity contribution in [3.8, 4) is 0 Å². The summed E-state index contributed by atoms with van der Waals surface area (Å²) >= 11 is 0. The molecule has 2 amide bonds. The second kappa shape index (κ2) is 5.67. The standard InChI is InChI=1S/C17H22N2O4/c1-11-4-6-22-16(11)17(21)19-8-13-12(10-23-14(13)9-19)7-18-5-2-3-15(18)20/h4,6,12-14H,2-3,5,7-10H2,1H3/t12-,13-,14-/m1/s1. The van der Waals surface area contributed by atoms with E-state index in [4.69, 9.17) is 9.15 Å². The first-order valence-corrected chi connectivity index (χ1v) is 8.36. The van der Waals surface area contributed by atoms with Crippen LogP contribution in [0.1, 0.15) is 29.0 Å². The Morgan fingerprint density at radius 1 is 1.39 bits per heavy atom. The van der Waals surface area contributed by atoms with Gasteiger partial charge in [0.2, 0.25) is 5.91 Å². The molecule has 0 aromatic carbocycles. The number of aryl methyl sites for hydroxylation is 1. The lowest BCUT2D eigenvalue weighted by atomic mass is 9.93. The Kier molecular flexibility index (Phi) is 3.64. The number of rotatable bonds is 3. The van der Waals surface area contributed by atoms with Gasteiger partial charge in [-0.25, -0.2) is 0 Å². The van der Waals surface area contributed by atoms with Gasteiger partial charge in [-0.1, -0.05) is 0 Å². The van der Waals surface area contributed by atoms with Crippen molar-refractivity contribution in [3.63, 3.8) is 0 Å². The molecule has 1 aromatic heterocycles.